The third kappa shape index (κ3) is 6.03. The van der Waals surface area contributed by atoms with Gasteiger partial charge in [0, 0.05) is 34.6 Å². The molecule has 3 aliphatic rings. The summed E-state index contributed by atoms with van der Waals surface area (Å²) >= 11 is 0. The summed E-state index contributed by atoms with van der Waals surface area (Å²) in [6, 6.07) is -1.67. The Bertz CT molecular complexity index is 1000. The van der Waals surface area contributed by atoms with Crippen LogP contribution in [-0.2, 0) is 52.4 Å². The molecule has 0 aromatic heterocycles. The monoisotopic (exact) mass is 546 g/mol. The maximum atomic E-state index is 12.5. The Balaban J connectivity index is 2.07. The third-order valence-electron chi connectivity index (χ3n) is 6.01. The number of amidine groups is 1. The summed E-state index contributed by atoms with van der Waals surface area (Å²) < 4.78 is 32.4. The molecule has 0 bridgehead atoms. The number of ether oxygens (including phenoxy) is 6. The van der Waals surface area contributed by atoms with Gasteiger partial charge in [-0.1, -0.05) is 0 Å². The summed E-state index contributed by atoms with van der Waals surface area (Å²) in [7, 11) is 0. The molecule has 212 valence electrons. The van der Waals surface area contributed by atoms with Crippen LogP contribution >= 0.6 is 0 Å². The minimum absolute atomic E-state index is 0.460. The van der Waals surface area contributed by atoms with E-state index in [9.17, 15) is 39.3 Å². The molecule has 3 N–H and O–H groups in total. The standard InChI is InChI=1S/C22H30N2O14/c1-7(25)24-13-14(30)15(31)16(32)18(13)38-22(24)23-21-20(36-11(5)29)19(35-10(4)28)17(34-9(3)27)12(37-21)6-33-8(2)26/h12-21,30-32H,6H2,1-5H3/b23-22-/t12-,13-,14-,15+,16-,17-,18-,19+,20-,21+/m1/s1. The fourth-order valence-electron chi connectivity index (χ4n) is 4.60. The van der Waals surface area contributed by atoms with Crippen LogP contribution < -0.4 is 0 Å². The molecular weight excluding hydrogens is 516 g/mol. The molecule has 2 saturated heterocycles. The van der Waals surface area contributed by atoms with Gasteiger partial charge >= 0.3 is 23.9 Å². The van der Waals surface area contributed by atoms with Crippen molar-refractivity contribution in [2.24, 2.45) is 4.99 Å². The smallest absolute Gasteiger partial charge is 0.303 e. The lowest BCUT2D eigenvalue weighted by molar-refractivity contribution is -0.251. The first-order valence-electron chi connectivity index (χ1n) is 11.6. The Morgan fingerprint density at radius 3 is 1.87 bits per heavy atom. The van der Waals surface area contributed by atoms with Crippen molar-refractivity contribution in [1.29, 1.82) is 0 Å². The minimum atomic E-state index is -1.60. The van der Waals surface area contributed by atoms with Gasteiger partial charge < -0.3 is 43.7 Å². The van der Waals surface area contributed by atoms with E-state index in [0.29, 0.717) is 0 Å². The summed E-state index contributed by atoms with van der Waals surface area (Å²) in [6.07, 6.45) is -13.4. The van der Waals surface area contributed by atoms with Gasteiger partial charge in [0.05, 0.1) is 0 Å². The number of carbonyl (C=O) groups excluding carboxylic acids is 5. The van der Waals surface area contributed by atoms with E-state index in [4.69, 9.17) is 28.4 Å². The summed E-state index contributed by atoms with van der Waals surface area (Å²) in [6.45, 7) is 4.92. The average Bonchev–Trinajstić information content (AvgIpc) is 3.26. The van der Waals surface area contributed by atoms with E-state index < -0.39 is 104 Å². The first-order valence-corrected chi connectivity index (χ1v) is 11.6. The van der Waals surface area contributed by atoms with Gasteiger partial charge in [0.1, 0.15) is 37.1 Å². The number of aliphatic hydroxyl groups excluding tert-OH is 3. The zero-order chi connectivity index (χ0) is 28.5. The van der Waals surface area contributed by atoms with Crippen LogP contribution in [0.4, 0.5) is 0 Å². The van der Waals surface area contributed by atoms with Crippen molar-refractivity contribution in [2.75, 3.05) is 6.61 Å². The highest BCUT2D eigenvalue weighted by Gasteiger charge is 2.60. The zero-order valence-electron chi connectivity index (χ0n) is 21.2. The van der Waals surface area contributed by atoms with Crippen LogP contribution in [-0.4, -0.2) is 124 Å². The second-order valence-electron chi connectivity index (χ2n) is 8.94. The number of nitrogens with zero attached hydrogens (tertiary/aromatic N) is 2. The molecule has 1 saturated carbocycles. The van der Waals surface area contributed by atoms with E-state index in [-0.39, 0.29) is 0 Å². The van der Waals surface area contributed by atoms with E-state index >= 15 is 0 Å². The highest BCUT2D eigenvalue weighted by atomic mass is 16.7. The van der Waals surface area contributed by atoms with Gasteiger partial charge in [-0.3, -0.25) is 28.9 Å². The van der Waals surface area contributed by atoms with Crippen molar-refractivity contribution < 1.29 is 67.7 Å². The molecule has 3 fully saturated rings. The van der Waals surface area contributed by atoms with E-state index in [1.54, 1.807) is 0 Å². The van der Waals surface area contributed by atoms with Crippen LogP contribution in [0.1, 0.15) is 34.6 Å². The lowest BCUT2D eigenvalue weighted by Gasteiger charge is -2.43. The van der Waals surface area contributed by atoms with Gasteiger partial charge in [-0.2, -0.15) is 4.99 Å². The number of aliphatic hydroxyl groups is 3. The topological polar surface area (TPSA) is 217 Å². The third-order valence-corrected chi connectivity index (χ3v) is 6.01. The molecule has 1 amide bonds. The van der Waals surface area contributed by atoms with Gasteiger partial charge in [0.25, 0.3) is 6.02 Å². The van der Waals surface area contributed by atoms with E-state index in [1.807, 2.05) is 0 Å². The Morgan fingerprint density at radius 2 is 1.34 bits per heavy atom. The molecule has 2 heterocycles. The quantitative estimate of drug-likeness (QED) is 0.226. The summed E-state index contributed by atoms with van der Waals surface area (Å²) in [4.78, 5) is 64.8. The van der Waals surface area contributed by atoms with Crippen molar-refractivity contribution >= 4 is 35.8 Å². The van der Waals surface area contributed by atoms with Crippen molar-refractivity contribution in [3.05, 3.63) is 0 Å². The van der Waals surface area contributed by atoms with Crippen molar-refractivity contribution in [1.82, 2.24) is 4.90 Å². The molecule has 2 aliphatic heterocycles. The second-order valence-corrected chi connectivity index (χ2v) is 8.94. The van der Waals surface area contributed by atoms with Crippen LogP contribution in [0, 0.1) is 0 Å². The molecule has 0 radical (unpaired) electrons. The molecule has 0 unspecified atom stereocenters. The number of rotatable bonds is 6. The number of carbonyl (C=O) groups is 5. The number of hydrogen-bond acceptors (Lipinski definition) is 15. The van der Waals surface area contributed by atoms with Gasteiger partial charge in [0.2, 0.25) is 5.91 Å². The van der Waals surface area contributed by atoms with Gasteiger partial charge in [-0.05, 0) is 0 Å². The average molecular weight is 546 g/mol. The van der Waals surface area contributed by atoms with E-state index in [1.165, 1.54) is 0 Å². The van der Waals surface area contributed by atoms with E-state index in [2.05, 4.69) is 4.99 Å². The number of esters is 4. The molecule has 16 heteroatoms. The molecule has 0 aromatic carbocycles. The molecular formula is C22H30N2O14. The zero-order valence-corrected chi connectivity index (χ0v) is 21.2. The predicted molar refractivity (Wildman–Crippen MR) is 119 cm³/mol. The van der Waals surface area contributed by atoms with Gasteiger partial charge in [-0.15, -0.1) is 0 Å². The fourth-order valence-corrected chi connectivity index (χ4v) is 4.60. The summed E-state index contributed by atoms with van der Waals surface area (Å²) in [5.41, 5.74) is 0. The first kappa shape index (κ1) is 29.2. The highest BCUT2D eigenvalue weighted by molar-refractivity contribution is 5.95. The molecule has 16 nitrogen and oxygen atoms in total. The Kier molecular flexibility index (Phi) is 8.91. The highest BCUT2D eigenvalue weighted by Crippen LogP contribution is 2.36. The first-order chi connectivity index (χ1) is 17.7. The SMILES string of the molecule is CC(=O)OC[C@H]1O[C@H](/N=C2\O[C@H]3[C@H](O)[C@@H](O)[C@H](O)[C@H]3N2C(C)=O)[C@H](OC(C)=O)[C@@H](OC(C)=O)[C@@H]1OC(C)=O. The van der Waals surface area contributed by atoms with Crippen LogP contribution in [0.5, 0.6) is 0 Å². The van der Waals surface area contributed by atoms with Gasteiger partial charge in [-0.25, -0.2) is 0 Å². The van der Waals surface area contributed by atoms with Crippen LogP contribution in [0.25, 0.3) is 0 Å². The molecule has 0 spiro atoms. The number of hydrogen-bond donors (Lipinski definition) is 3. The van der Waals surface area contributed by atoms with E-state index in [0.717, 1.165) is 39.5 Å². The lowest BCUT2D eigenvalue weighted by Crippen LogP contribution is -2.62. The second kappa shape index (κ2) is 11.6. The van der Waals surface area contributed by atoms with Crippen molar-refractivity contribution in [3.63, 3.8) is 0 Å². The Hall–Kier alpha value is -3.34. The summed E-state index contributed by atoms with van der Waals surface area (Å²) in [5.74, 6) is -3.91. The van der Waals surface area contributed by atoms with Crippen LogP contribution in [0.3, 0.4) is 0 Å². The number of aliphatic imine (C=N–C) groups is 1. The lowest BCUT2D eigenvalue weighted by atomic mass is 9.97. The van der Waals surface area contributed by atoms with Gasteiger partial charge in [0.15, 0.2) is 30.6 Å². The Morgan fingerprint density at radius 1 is 0.789 bits per heavy atom. The Labute approximate surface area is 216 Å². The van der Waals surface area contributed by atoms with Crippen LogP contribution in [0.2, 0.25) is 0 Å². The number of amides is 1. The fraction of sp³-hybridized carbons (Fsp3) is 0.727. The molecule has 0 aromatic rings. The van der Waals surface area contributed by atoms with Crippen molar-refractivity contribution in [3.8, 4) is 0 Å². The predicted octanol–water partition coefficient (Wildman–Crippen LogP) is -2.86. The van der Waals surface area contributed by atoms with Crippen molar-refractivity contribution in [2.45, 2.75) is 95.7 Å². The van der Waals surface area contributed by atoms with Crippen LogP contribution in [0.15, 0.2) is 4.99 Å². The molecule has 3 rings (SSSR count). The largest absolute Gasteiger partial charge is 0.463 e. The number of fused-ring (bicyclic) bond motifs is 1. The summed E-state index contributed by atoms with van der Waals surface area (Å²) in [5, 5.41) is 30.7. The molecule has 1 aliphatic carbocycles. The molecule has 38 heavy (non-hydrogen) atoms. The maximum absolute atomic E-state index is 12.5. The minimum Gasteiger partial charge on any atom is -0.463 e. The normalized spacial score (nSPS) is 37.2. The maximum Gasteiger partial charge on any atom is 0.303 e. The molecule has 10 atom stereocenters.